The molecule has 7 nitrogen and oxygen atoms in total. The van der Waals surface area contributed by atoms with Gasteiger partial charge in [0.25, 0.3) is 0 Å². The summed E-state index contributed by atoms with van der Waals surface area (Å²) in [5, 5.41) is 10.6. The van der Waals surface area contributed by atoms with E-state index >= 15 is 0 Å². The average Bonchev–Trinajstić information content (AvgIpc) is 2.65. The monoisotopic (exact) mass is 255 g/mol. The molecule has 0 aliphatic rings. The lowest BCUT2D eigenvalue weighted by atomic mass is 10.0. The Bertz CT molecular complexity index is 396. The first kappa shape index (κ1) is 14.6. The summed E-state index contributed by atoms with van der Waals surface area (Å²) in [5.41, 5.74) is 5.98. The van der Waals surface area contributed by atoms with Gasteiger partial charge in [-0.05, 0) is 20.8 Å². The topological polar surface area (TPSA) is 95.1 Å². The number of aromatic nitrogens is 3. The number of nitrogens with two attached hydrogens (primary N) is 1. The number of carbonyl (C=O) groups is 1. The summed E-state index contributed by atoms with van der Waals surface area (Å²) >= 11 is 0. The number of amides is 1. The Kier molecular flexibility index (Phi) is 4.80. The van der Waals surface area contributed by atoms with Gasteiger partial charge in [-0.3, -0.25) is 4.79 Å². The van der Waals surface area contributed by atoms with E-state index < -0.39 is 5.54 Å². The third kappa shape index (κ3) is 4.42. The van der Waals surface area contributed by atoms with E-state index in [0.717, 1.165) is 0 Å². The molecule has 1 unspecified atom stereocenters. The zero-order chi connectivity index (χ0) is 13.8. The van der Waals surface area contributed by atoms with Crippen molar-refractivity contribution in [3.63, 3.8) is 0 Å². The van der Waals surface area contributed by atoms with Crippen molar-refractivity contribution in [2.75, 3.05) is 13.7 Å². The van der Waals surface area contributed by atoms with Gasteiger partial charge in [0.2, 0.25) is 5.91 Å². The molecule has 0 saturated carbocycles. The van der Waals surface area contributed by atoms with E-state index in [0.29, 0.717) is 12.3 Å². The second kappa shape index (κ2) is 5.92. The molecule has 18 heavy (non-hydrogen) atoms. The largest absolute Gasteiger partial charge is 0.383 e. The molecule has 0 saturated heterocycles. The Balaban J connectivity index is 2.52. The first-order valence-corrected chi connectivity index (χ1v) is 5.80. The minimum atomic E-state index is -0.557. The molecular formula is C11H21N5O2. The summed E-state index contributed by atoms with van der Waals surface area (Å²) in [7, 11) is 1.59. The standard InChI is InChI=1S/C11H21N5O2/c1-8(7-18-4)13-10(17)6-16-5-9(14-15-16)11(2,3)12/h5,8H,6-7,12H2,1-4H3,(H,13,17). The van der Waals surface area contributed by atoms with Crippen LogP contribution in [0.1, 0.15) is 26.5 Å². The second-order valence-corrected chi connectivity index (χ2v) is 4.95. The van der Waals surface area contributed by atoms with Crippen LogP contribution in [0.4, 0.5) is 0 Å². The van der Waals surface area contributed by atoms with Crippen molar-refractivity contribution < 1.29 is 9.53 Å². The van der Waals surface area contributed by atoms with Gasteiger partial charge in [-0.1, -0.05) is 5.21 Å². The van der Waals surface area contributed by atoms with Gasteiger partial charge in [-0.15, -0.1) is 5.10 Å². The van der Waals surface area contributed by atoms with Crippen LogP contribution in [-0.4, -0.2) is 40.7 Å². The molecule has 1 aromatic heterocycles. The van der Waals surface area contributed by atoms with Gasteiger partial charge in [-0.25, -0.2) is 4.68 Å². The molecule has 0 aromatic carbocycles. The highest BCUT2D eigenvalue weighted by Crippen LogP contribution is 2.12. The molecule has 1 heterocycles. The number of hydrogen-bond donors (Lipinski definition) is 2. The number of carbonyl (C=O) groups excluding carboxylic acids is 1. The van der Waals surface area contributed by atoms with Gasteiger partial charge in [0, 0.05) is 13.2 Å². The molecule has 0 aliphatic heterocycles. The molecule has 3 N–H and O–H groups in total. The molecular weight excluding hydrogens is 234 g/mol. The van der Waals surface area contributed by atoms with Crippen molar-refractivity contribution >= 4 is 5.91 Å². The average molecular weight is 255 g/mol. The van der Waals surface area contributed by atoms with Crippen molar-refractivity contribution in [1.29, 1.82) is 0 Å². The molecule has 102 valence electrons. The second-order valence-electron chi connectivity index (χ2n) is 4.95. The highest BCUT2D eigenvalue weighted by atomic mass is 16.5. The molecule has 1 amide bonds. The smallest absolute Gasteiger partial charge is 0.242 e. The van der Waals surface area contributed by atoms with Crippen molar-refractivity contribution in [1.82, 2.24) is 20.3 Å². The third-order valence-corrected chi connectivity index (χ3v) is 2.33. The van der Waals surface area contributed by atoms with Gasteiger partial charge < -0.3 is 15.8 Å². The van der Waals surface area contributed by atoms with Crippen LogP contribution in [0.25, 0.3) is 0 Å². The van der Waals surface area contributed by atoms with Crippen LogP contribution in [0.2, 0.25) is 0 Å². The molecule has 0 fully saturated rings. The zero-order valence-corrected chi connectivity index (χ0v) is 11.3. The van der Waals surface area contributed by atoms with Gasteiger partial charge in [-0.2, -0.15) is 0 Å². The van der Waals surface area contributed by atoms with Crippen molar-refractivity contribution in [2.45, 2.75) is 38.9 Å². The first-order valence-electron chi connectivity index (χ1n) is 5.80. The number of nitrogens with zero attached hydrogens (tertiary/aromatic N) is 3. The Morgan fingerprint density at radius 1 is 1.67 bits per heavy atom. The van der Waals surface area contributed by atoms with Crippen molar-refractivity contribution in [3.8, 4) is 0 Å². The summed E-state index contributed by atoms with van der Waals surface area (Å²) in [4.78, 5) is 11.7. The number of nitrogens with one attached hydrogen (secondary N) is 1. The van der Waals surface area contributed by atoms with Crippen LogP contribution < -0.4 is 11.1 Å². The van der Waals surface area contributed by atoms with E-state index in [9.17, 15) is 4.79 Å². The van der Waals surface area contributed by atoms with E-state index in [-0.39, 0.29) is 18.5 Å². The normalized spacial score (nSPS) is 13.4. The van der Waals surface area contributed by atoms with Crippen LogP contribution >= 0.6 is 0 Å². The first-order chi connectivity index (χ1) is 8.32. The quantitative estimate of drug-likeness (QED) is 0.722. The fraction of sp³-hybridized carbons (Fsp3) is 0.727. The molecule has 7 heteroatoms. The fourth-order valence-electron chi connectivity index (χ4n) is 1.43. The highest BCUT2D eigenvalue weighted by molar-refractivity contribution is 5.75. The van der Waals surface area contributed by atoms with Crippen LogP contribution in [0.5, 0.6) is 0 Å². The molecule has 0 radical (unpaired) electrons. The Morgan fingerprint density at radius 2 is 2.33 bits per heavy atom. The Hall–Kier alpha value is -1.47. The fourth-order valence-corrected chi connectivity index (χ4v) is 1.43. The lowest BCUT2D eigenvalue weighted by Gasteiger charge is -2.13. The Labute approximate surface area is 107 Å². The summed E-state index contributed by atoms with van der Waals surface area (Å²) in [6, 6.07) is -0.0311. The summed E-state index contributed by atoms with van der Waals surface area (Å²) in [6.45, 7) is 6.14. The van der Waals surface area contributed by atoms with Crippen LogP contribution in [0, 0.1) is 0 Å². The van der Waals surface area contributed by atoms with Gasteiger partial charge in [0.15, 0.2) is 0 Å². The van der Waals surface area contributed by atoms with Gasteiger partial charge in [0.05, 0.1) is 18.3 Å². The van der Waals surface area contributed by atoms with E-state index in [1.807, 2.05) is 20.8 Å². The predicted octanol–water partition coefficient (Wildman–Crippen LogP) is -0.377. The Morgan fingerprint density at radius 3 is 2.83 bits per heavy atom. The highest BCUT2D eigenvalue weighted by Gasteiger charge is 2.19. The maximum Gasteiger partial charge on any atom is 0.242 e. The maximum absolute atomic E-state index is 11.7. The van der Waals surface area contributed by atoms with E-state index in [1.54, 1.807) is 13.3 Å². The van der Waals surface area contributed by atoms with Crippen molar-refractivity contribution in [3.05, 3.63) is 11.9 Å². The minimum absolute atomic E-state index is 0.0311. The van der Waals surface area contributed by atoms with E-state index in [1.165, 1.54) is 4.68 Å². The van der Waals surface area contributed by atoms with Crippen LogP contribution in [-0.2, 0) is 21.6 Å². The number of ether oxygens (including phenoxy) is 1. The predicted molar refractivity (Wildman–Crippen MR) is 66.7 cm³/mol. The zero-order valence-electron chi connectivity index (χ0n) is 11.3. The maximum atomic E-state index is 11.7. The number of hydrogen-bond acceptors (Lipinski definition) is 5. The third-order valence-electron chi connectivity index (χ3n) is 2.33. The molecule has 1 rings (SSSR count). The molecule has 0 bridgehead atoms. The van der Waals surface area contributed by atoms with Crippen molar-refractivity contribution in [2.24, 2.45) is 5.73 Å². The van der Waals surface area contributed by atoms with Gasteiger partial charge in [0.1, 0.15) is 12.2 Å². The molecule has 1 aromatic rings. The summed E-state index contributed by atoms with van der Waals surface area (Å²) in [5.74, 6) is -0.133. The summed E-state index contributed by atoms with van der Waals surface area (Å²) in [6.07, 6.45) is 1.68. The van der Waals surface area contributed by atoms with Crippen LogP contribution in [0.3, 0.4) is 0 Å². The van der Waals surface area contributed by atoms with Crippen LogP contribution in [0.15, 0.2) is 6.20 Å². The number of methoxy groups -OCH3 is 1. The van der Waals surface area contributed by atoms with E-state index in [4.69, 9.17) is 10.5 Å². The number of rotatable bonds is 6. The minimum Gasteiger partial charge on any atom is -0.383 e. The lowest BCUT2D eigenvalue weighted by molar-refractivity contribution is -0.122. The molecule has 0 spiro atoms. The molecule has 1 atom stereocenters. The molecule has 0 aliphatic carbocycles. The lowest BCUT2D eigenvalue weighted by Crippen LogP contribution is -2.37. The SMILES string of the molecule is COCC(C)NC(=O)Cn1cc(C(C)(C)N)nn1. The van der Waals surface area contributed by atoms with Gasteiger partial charge >= 0.3 is 0 Å². The summed E-state index contributed by atoms with van der Waals surface area (Å²) < 4.78 is 6.41. The van der Waals surface area contributed by atoms with E-state index in [2.05, 4.69) is 15.6 Å².